The minimum atomic E-state index is -0.792. The van der Waals surface area contributed by atoms with Crippen molar-refractivity contribution >= 4 is 22.1 Å². The molecule has 0 saturated carbocycles. The van der Waals surface area contributed by atoms with Crippen LogP contribution in [-0.4, -0.2) is 21.3 Å². The van der Waals surface area contributed by atoms with E-state index >= 15 is 0 Å². The van der Waals surface area contributed by atoms with Gasteiger partial charge in [0.15, 0.2) is 0 Å². The molecule has 0 aliphatic carbocycles. The van der Waals surface area contributed by atoms with Gasteiger partial charge in [-0.1, -0.05) is 6.07 Å². The first-order chi connectivity index (χ1) is 6.47. The molecule has 0 radical (unpaired) electrons. The van der Waals surface area contributed by atoms with Crippen molar-refractivity contribution in [2.75, 3.05) is 11.5 Å². The summed E-state index contributed by atoms with van der Waals surface area (Å²) in [6, 6.07) is 4.10. The average Bonchev–Trinajstić information content (AvgIpc) is 2.49. The van der Waals surface area contributed by atoms with Gasteiger partial charge in [0, 0.05) is 32.7 Å². The predicted molar refractivity (Wildman–Crippen MR) is 64.2 cm³/mol. The highest BCUT2D eigenvalue weighted by Gasteiger charge is 2.14. The van der Waals surface area contributed by atoms with Crippen LogP contribution in [0.25, 0.3) is 0 Å². The van der Waals surface area contributed by atoms with Crippen LogP contribution in [0.15, 0.2) is 17.5 Å². The predicted octanol–water partition coefficient (Wildman–Crippen LogP) is 1.78. The van der Waals surface area contributed by atoms with E-state index in [-0.39, 0.29) is 5.54 Å². The summed E-state index contributed by atoms with van der Waals surface area (Å²) >= 11 is 1.72. The maximum Gasteiger partial charge on any atom is 0.0410 e. The molecule has 0 fully saturated rings. The van der Waals surface area contributed by atoms with E-state index in [1.165, 1.54) is 4.88 Å². The molecule has 0 saturated heterocycles. The zero-order chi connectivity index (χ0) is 10.6. The van der Waals surface area contributed by atoms with Gasteiger partial charge in [-0.2, -0.15) is 0 Å². The van der Waals surface area contributed by atoms with Gasteiger partial charge in [0.2, 0.25) is 0 Å². The van der Waals surface area contributed by atoms with Crippen LogP contribution in [-0.2, 0) is 17.2 Å². The lowest BCUT2D eigenvalue weighted by atomic mass is 10.1. The molecule has 1 unspecified atom stereocenters. The monoisotopic (exact) mass is 231 g/mol. The lowest BCUT2D eigenvalue weighted by Gasteiger charge is -2.17. The molecule has 0 aliphatic heterocycles. The second-order valence-electron chi connectivity index (χ2n) is 4.11. The molecule has 0 bridgehead atoms. The van der Waals surface area contributed by atoms with Crippen LogP contribution in [0.1, 0.15) is 18.7 Å². The molecule has 1 atom stereocenters. The van der Waals surface area contributed by atoms with Gasteiger partial charge >= 0.3 is 0 Å². The van der Waals surface area contributed by atoms with Gasteiger partial charge in [-0.05, 0) is 31.7 Å². The fourth-order valence-electron chi connectivity index (χ4n) is 1.16. The molecule has 1 heterocycles. The van der Waals surface area contributed by atoms with Crippen LogP contribution < -0.4 is 5.73 Å². The standard InChI is InChI=1S/C10H17NOS2/c1-10(2,11)8-14(12)7-5-9-4-3-6-13-9/h3-4,6H,5,7-8,11H2,1-2H3. The fraction of sp³-hybridized carbons (Fsp3) is 0.600. The Hall–Kier alpha value is -0.190. The highest BCUT2D eigenvalue weighted by Crippen LogP contribution is 2.10. The zero-order valence-corrected chi connectivity index (χ0v) is 10.3. The molecule has 1 aromatic rings. The van der Waals surface area contributed by atoms with Crippen LogP contribution in [0.3, 0.4) is 0 Å². The van der Waals surface area contributed by atoms with Crippen molar-refractivity contribution in [1.82, 2.24) is 0 Å². The Morgan fingerprint density at radius 1 is 1.57 bits per heavy atom. The van der Waals surface area contributed by atoms with E-state index in [0.29, 0.717) is 5.75 Å². The van der Waals surface area contributed by atoms with Gasteiger partial charge in [-0.3, -0.25) is 4.21 Å². The van der Waals surface area contributed by atoms with Gasteiger partial charge in [0.25, 0.3) is 0 Å². The molecule has 80 valence electrons. The number of thiophene rings is 1. The van der Waals surface area contributed by atoms with Crippen LogP contribution in [0.4, 0.5) is 0 Å². The topological polar surface area (TPSA) is 43.1 Å². The Bertz CT molecular complexity index is 288. The maximum atomic E-state index is 11.6. The first-order valence-electron chi connectivity index (χ1n) is 4.63. The normalized spacial score (nSPS) is 14.2. The van der Waals surface area contributed by atoms with E-state index in [0.717, 1.165) is 12.2 Å². The molecule has 0 aliphatic rings. The van der Waals surface area contributed by atoms with E-state index in [2.05, 4.69) is 6.07 Å². The Morgan fingerprint density at radius 2 is 2.29 bits per heavy atom. The van der Waals surface area contributed by atoms with E-state index in [1.54, 1.807) is 11.3 Å². The van der Waals surface area contributed by atoms with Crippen LogP contribution in [0.5, 0.6) is 0 Å². The summed E-state index contributed by atoms with van der Waals surface area (Å²) in [6.07, 6.45) is 0.903. The van der Waals surface area contributed by atoms with Crippen LogP contribution in [0.2, 0.25) is 0 Å². The number of aryl methyl sites for hydroxylation is 1. The van der Waals surface area contributed by atoms with Crippen molar-refractivity contribution in [2.45, 2.75) is 25.8 Å². The van der Waals surface area contributed by atoms with Crippen molar-refractivity contribution in [3.05, 3.63) is 22.4 Å². The molecule has 4 heteroatoms. The molecule has 2 nitrogen and oxygen atoms in total. The van der Waals surface area contributed by atoms with Crippen molar-refractivity contribution in [2.24, 2.45) is 5.73 Å². The maximum absolute atomic E-state index is 11.6. The van der Waals surface area contributed by atoms with Crippen LogP contribution in [0, 0.1) is 0 Å². The Kier molecular flexibility index (Phi) is 4.29. The van der Waals surface area contributed by atoms with Crippen LogP contribution >= 0.6 is 11.3 Å². The third kappa shape index (κ3) is 4.88. The quantitative estimate of drug-likeness (QED) is 0.839. The molecule has 14 heavy (non-hydrogen) atoms. The average molecular weight is 231 g/mol. The summed E-state index contributed by atoms with van der Waals surface area (Å²) in [4.78, 5) is 1.30. The first kappa shape index (κ1) is 11.9. The van der Waals surface area contributed by atoms with Gasteiger partial charge in [-0.25, -0.2) is 0 Å². The number of hydrogen-bond acceptors (Lipinski definition) is 3. The molecule has 0 amide bonds. The van der Waals surface area contributed by atoms with Crippen molar-refractivity contribution in [3.63, 3.8) is 0 Å². The third-order valence-corrected chi connectivity index (χ3v) is 4.35. The molecule has 0 spiro atoms. The first-order valence-corrected chi connectivity index (χ1v) is 7.00. The second kappa shape index (κ2) is 5.05. The molecule has 0 aromatic carbocycles. The van der Waals surface area contributed by atoms with Gasteiger partial charge < -0.3 is 5.73 Å². The zero-order valence-electron chi connectivity index (χ0n) is 8.66. The summed E-state index contributed by atoms with van der Waals surface area (Å²) in [5, 5.41) is 2.05. The van der Waals surface area contributed by atoms with Gasteiger partial charge in [0.05, 0.1) is 0 Å². The molecular weight excluding hydrogens is 214 g/mol. The Labute approximate surface area is 92.0 Å². The third-order valence-electron chi connectivity index (χ3n) is 1.69. The van der Waals surface area contributed by atoms with Crippen molar-refractivity contribution < 1.29 is 4.21 Å². The minimum Gasteiger partial charge on any atom is -0.325 e. The highest BCUT2D eigenvalue weighted by atomic mass is 32.2. The number of nitrogens with two attached hydrogens (primary N) is 1. The smallest absolute Gasteiger partial charge is 0.0410 e. The van der Waals surface area contributed by atoms with Gasteiger partial charge in [0.1, 0.15) is 0 Å². The SMILES string of the molecule is CC(C)(N)CS(=O)CCc1cccs1. The summed E-state index contributed by atoms with van der Waals surface area (Å²) < 4.78 is 11.6. The minimum absolute atomic E-state index is 0.319. The van der Waals surface area contributed by atoms with E-state index in [9.17, 15) is 4.21 Å². The van der Waals surface area contributed by atoms with Crippen molar-refractivity contribution in [1.29, 1.82) is 0 Å². The van der Waals surface area contributed by atoms with Crippen molar-refractivity contribution in [3.8, 4) is 0 Å². The number of hydrogen-bond donors (Lipinski definition) is 1. The largest absolute Gasteiger partial charge is 0.325 e. The lowest BCUT2D eigenvalue weighted by molar-refractivity contribution is 0.577. The summed E-state index contributed by atoms with van der Waals surface area (Å²) in [6.45, 7) is 3.83. The summed E-state index contributed by atoms with van der Waals surface area (Å²) in [5.74, 6) is 1.31. The fourth-order valence-corrected chi connectivity index (χ4v) is 3.42. The van der Waals surface area contributed by atoms with E-state index in [1.807, 2.05) is 25.3 Å². The summed E-state index contributed by atoms with van der Waals surface area (Å²) in [5.41, 5.74) is 5.48. The van der Waals surface area contributed by atoms with E-state index in [4.69, 9.17) is 5.73 Å². The van der Waals surface area contributed by atoms with E-state index < -0.39 is 10.8 Å². The summed E-state index contributed by atoms with van der Waals surface area (Å²) in [7, 11) is -0.792. The lowest BCUT2D eigenvalue weighted by Crippen LogP contribution is -2.38. The Balaban J connectivity index is 2.29. The molecule has 1 rings (SSSR count). The molecular formula is C10H17NOS2. The molecule has 1 aromatic heterocycles. The second-order valence-corrected chi connectivity index (χ2v) is 6.72. The highest BCUT2D eigenvalue weighted by molar-refractivity contribution is 7.85. The Morgan fingerprint density at radius 3 is 2.79 bits per heavy atom. The van der Waals surface area contributed by atoms with Gasteiger partial charge in [-0.15, -0.1) is 11.3 Å². The number of rotatable bonds is 5. The molecule has 2 N–H and O–H groups in total.